The zero-order valence-corrected chi connectivity index (χ0v) is 20.3. The number of nitrogens with one attached hydrogen (secondary N) is 2. The summed E-state index contributed by atoms with van der Waals surface area (Å²) in [4.78, 5) is 27.1. The Kier molecular flexibility index (Phi) is 7.53. The maximum Gasteiger partial charge on any atom is 0.260 e. The number of fused-ring (bicyclic) bond motifs is 1. The van der Waals surface area contributed by atoms with Gasteiger partial charge in [-0.3, -0.25) is 14.5 Å². The molecule has 0 fully saturated rings. The first-order valence-corrected chi connectivity index (χ1v) is 11.8. The van der Waals surface area contributed by atoms with Crippen molar-refractivity contribution in [3.8, 4) is 0 Å². The molecule has 8 nitrogen and oxygen atoms in total. The second-order valence-corrected chi connectivity index (χ2v) is 9.18. The summed E-state index contributed by atoms with van der Waals surface area (Å²) in [5, 5.41) is 23.7. The van der Waals surface area contributed by atoms with Gasteiger partial charge in [0, 0.05) is 42.9 Å². The van der Waals surface area contributed by atoms with E-state index in [0.29, 0.717) is 54.3 Å². The Morgan fingerprint density at radius 2 is 1.78 bits per heavy atom. The van der Waals surface area contributed by atoms with Crippen LogP contribution >= 0.6 is 0 Å². The van der Waals surface area contributed by atoms with E-state index >= 15 is 0 Å². The molecule has 2 aromatic rings. The fourth-order valence-corrected chi connectivity index (χ4v) is 4.46. The van der Waals surface area contributed by atoms with Gasteiger partial charge in [-0.15, -0.1) is 0 Å². The van der Waals surface area contributed by atoms with Crippen LogP contribution in [0.1, 0.15) is 35.3 Å². The third-order valence-corrected chi connectivity index (χ3v) is 6.27. The van der Waals surface area contributed by atoms with Gasteiger partial charge in [-0.25, -0.2) is 4.39 Å². The second kappa shape index (κ2) is 10.6. The molecule has 36 heavy (non-hydrogen) atoms. The lowest BCUT2D eigenvalue weighted by atomic mass is 9.91. The lowest BCUT2D eigenvalue weighted by Crippen LogP contribution is -2.37. The van der Waals surface area contributed by atoms with Gasteiger partial charge in [0.2, 0.25) is 0 Å². The van der Waals surface area contributed by atoms with Gasteiger partial charge >= 0.3 is 0 Å². The van der Waals surface area contributed by atoms with Gasteiger partial charge < -0.3 is 25.6 Å². The van der Waals surface area contributed by atoms with Gasteiger partial charge in [-0.2, -0.15) is 0 Å². The van der Waals surface area contributed by atoms with E-state index in [4.69, 9.17) is 14.9 Å². The van der Waals surface area contributed by atoms with Crippen molar-refractivity contribution in [3.05, 3.63) is 76.8 Å². The average Bonchev–Trinajstić information content (AvgIpc) is 3.33. The van der Waals surface area contributed by atoms with E-state index in [1.54, 1.807) is 18.2 Å². The standard InChI is InChI=1S/C27H30FN3O5/c1-27(2)21(16-23(36-27)24-20-8-7-19(28)15-22(20)30-26(24)35)17-3-5-18(6-4-17)25(34)29-9-10-31(11-13-32)12-14-33/h3-8,15-16,32-33H,9-14H2,1-2H3,(H,29,34)(H,30,35). The number of hydrogen-bond donors (Lipinski definition) is 4. The molecule has 9 heteroatoms. The first kappa shape index (κ1) is 25.6. The fraction of sp³-hybridized carbons (Fsp3) is 0.333. The molecule has 0 bridgehead atoms. The van der Waals surface area contributed by atoms with Crippen LogP contribution in [0.5, 0.6) is 0 Å². The summed E-state index contributed by atoms with van der Waals surface area (Å²) in [6, 6.07) is 11.3. The van der Waals surface area contributed by atoms with Gasteiger partial charge in [0.1, 0.15) is 17.2 Å². The van der Waals surface area contributed by atoms with Crippen molar-refractivity contribution in [1.82, 2.24) is 10.2 Å². The van der Waals surface area contributed by atoms with Crippen molar-refractivity contribution in [3.63, 3.8) is 0 Å². The molecule has 4 rings (SSSR count). The number of aliphatic hydroxyl groups is 2. The number of aliphatic hydroxyl groups excluding tert-OH is 2. The maximum atomic E-state index is 13.6. The predicted molar refractivity (Wildman–Crippen MR) is 134 cm³/mol. The number of benzene rings is 2. The number of ether oxygens (including phenoxy) is 1. The highest BCUT2D eigenvalue weighted by molar-refractivity contribution is 6.32. The first-order valence-electron chi connectivity index (χ1n) is 11.8. The highest BCUT2D eigenvalue weighted by Crippen LogP contribution is 2.44. The normalized spacial score (nSPS) is 18.1. The smallest absolute Gasteiger partial charge is 0.260 e. The quantitative estimate of drug-likeness (QED) is 0.398. The molecular weight excluding hydrogens is 465 g/mol. The van der Waals surface area contributed by atoms with Crippen molar-refractivity contribution >= 4 is 28.6 Å². The highest BCUT2D eigenvalue weighted by atomic mass is 19.1. The topological polar surface area (TPSA) is 111 Å². The van der Waals surface area contributed by atoms with Crippen LogP contribution in [0.3, 0.4) is 0 Å². The van der Waals surface area contributed by atoms with Crippen LogP contribution in [-0.4, -0.2) is 71.9 Å². The fourth-order valence-electron chi connectivity index (χ4n) is 4.46. The summed E-state index contributed by atoms with van der Waals surface area (Å²) in [5.41, 5.74) is 2.84. The molecule has 0 aliphatic carbocycles. The van der Waals surface area contributed by atoms with Crippen molar-refractivity contribution in [2.75, 3.05) is 44.7 Å². The molecule has 0 atom stereocenters. The van der Waals surface area contributed by atoms with E-state index in [9.17, 15) is 14.0 Å². The summed E-state index contributed by atoms with van der Waals surface area (Å²) < 4.78 is 19.8. The molecule has 0 radical (unpaired) electrons. The van der Waals surface area contributed by atoms with Crippen LogP contribution in [-0.2, 0) is 9.53 Å². The molecule has 2 aliphatic heterocycles. The number of allylic oxidation sites excluding steroid dienone is 1. The first-order chi connectivity index (χ1) is 17.2. The van der Waals surface area contributed by atoms with Crippen LogP contribution in [0.15, 0.2) is 54.3 Å². The molecule has 2 aliphatic rings. The zero-order chi connectivity index (χ0) is 25.9. The van der Waals surface area contributed by atoms with Crippen LogP contribution in [0, 0.1) is 5.82 Å². The van der Waals surface area contributed by atoms with E-state index in [1.165, 1.54) is 12.1 Å². The summed E-state index contributed by atoms with van der Waals surface area (Å²) in [6.45, 7) is 5.53. The molecule has 0 saturated carbocycles. The number of amides is 2. The van der Waals surface area contributed by atoms with Crippen molar-refractivity contribution in [2.24, 2.45) is 0 Å². The molecule has 2 heterocycles. The second-order valence-electron chi connectivity index (χ2n) is 9.18. The monoisotopic (exact) mass is 495 g/mol. The summed E-state index contributed by atoms with van der Waals surface area (Å²) in [6.07, 6.45) is 1.82. The van der Waals surface area contributed by atoms with Gasteiger partial charge in [0.15, 0.2) is 0 Å². The molecule has 0 spiro atoms. The van der Waals surface area contributed by atoms with Crippen molar-refractivity contribution in [2.45, 2.75) is 19.4 Å². The molecular formula is C27H30FN3O5. The third kappa shape index (κ3) is 5.33. The minimum Gasteiger partial charge on any atom is -0.482 e. The number of carbonyl (C=O) groups is 2. The minimum atomic E-state index is -0.724. The van der Waals surface area contributed by atoms with Crippen molar-refractivity contribution in [1.29, 1.82) is 0 Å². The summed E-state index contributed by atoms with van der Waals surface area (Å²) in [7, 11) is 0. The van der Waals surface area contributed by atoms with Crippen LogP contribution in [0.25, 0.3) is 11.1 Å². The molecule has 2 amide bonds. The van der Waals surface area contributed by atoms with Gasteiger partial charge in [0.05, 0.1) is 24.5 Å². The average molecular weight is 496 g/mol. The van der Waals surface area contributed by atoms with E-state index in [0.717, 1.165) is 11.1 Å². The van der Waals surface area contributed by atoms with E-state index in [2.05, 4.69) is 10.6 Å². The zero-order valence-electron chi connectivity index (χ0n) is 20.3. The van der Waals surface area contributed by atoms with Crippen molar-refractivity contribution < 1.29 is 28.9 Å². The largest absolute Gasteiger partial charge is 0.482 e. The Labute approximate surface area is 209 Å². The maximum absolute atomic E-state index is 13.6. The molecule has 0 aromatic heterocycles. The van der Waals surface area contributed by atoms with E-state index in [1.807, 2.05) is 37.0 Å². The lowest BCUT2D eigenvalue weighted by molar-refractivity contribution is -0.111. The van der Waals surface area contributed by atoms with Gasteiger partial charge in [-0.1, -0.05) is 12.1 Å². The van der Waals surface area contributed by atoms with Gasteiger partial charge in [-0.05, 0) is 55.8 Å². The van der Waals surface area contributed by atoms with E-state index < -0.39 is 11.4 Å². The molecule has 190 valence electrons. The Hall–Kier alpha value is -3.53. The Morgan fingerprint density at radius 1 is 1.08 bits per heavy atom. The van der Waals surface area contributed by atoms with Crippen LogP contribution < -0.4 is 10.6 Å². The highest BCUT2D eigenvalue weighted by Gasteiger charge is 2.38. The molecule has 0 unspecified atom stereocenters. The molecule has 2 aromatic carbocycles. The number of hydrogen-bond acceptors (Lipinski definition) is 6. The summed E-state index contributed by atoms with van der Waals surface area (Å²) in [5.74, 6) is -0.585. The SMILES string of the molecule is CC1(C)OC(=C2C(=O)Nc3cc(F)ccc32)C=C1c1ccc(C(=O)NCCN(CCO)CCO)cc1. The Balaban J connectivity index is 1.50. The third-order valence-electron chi connectivity index (χ3n) is 6.27. The van der Waals surface area contributed by atoms with Gasteiger partial charge in [0.25, 0.3) is 11.8 Å². The van der Waals surface area contributed by atoms with Crippen LogP contribution in [0.2, 0.25) is 0 Å². The number of nitrogens with zero attached hydrogens (tertiary/aromatic N) is 1. The summed E-state index contributed by atoms with van der Waals surface area (Å²) >= 11 is 0. The Bertz CT molecular complexity index is 1210. The predicted octanol–water partition coefficient (Wildman–Crippen LogP) is 2.40. The number of halogens is 1. The molecule has 4 N–H and O–H groups in total. The minimum absolute atomic E-state index is 0.0144. The van der Waals surface area contributed by atoms with Crippen LogP contribution in [0.4, 0.5) is 10.1 Å². The molecule has 0 saturated heterocycles. The Morgan fingerprint density at radius 3 is 2.44 bits per heavy atom. The number of carbonyl (C=O) groups excluding carboxylic acids is 2. The lowest BCUT2D eigenvalue weighted by Gasteiger charge is -2.23. The van der Waals surface area contributed by atoms with E-state index in [-0.39, 0.29) is 25.0 Å². The number of rotatable bonds is 9. The number of anilines is 1.